The van der Waals surface area contributed by atoms with Crippen LogP contribution in [0.5, 0.6) is 0 Å². The molecule has 0 aliphatic carbocycles. The van der Waals surface area contributed by atoms with Crippen molar-refractivity contribution < 1.29 is 12.8 Å². The van der Waals surface area contributed by atoms with Crippen LogP contribution in [0, 0.1) is 5.82 Å². The molecule has 4 nitrogen and oxygen atoms in total. The maximum atomic E-state index is 13.4. The first-order valence-corrected chi connectivity index (χ1v) is 9.13. The Hall–Kier alpha value is -0.800. The Bertz CT molecular complexity index is 746. The van der Waals surface area contributed by atoms with Gasteiger partial charge in [0.15, 0.2) is 0 Å². The lowest BCUT2D eigenvalue weighted by atomic mass is 10.2. The van der Waals surface area contributed by atoms with E-state index in [0.717, 1.165) is 15.4 Å². The molecule has 0 saturated heterocycles. The van der Waals surface area contributed by atoms with Gasteiger partial charge in [-0.25, -0.2) is 12.8 Å². The third kappa shape index (κ3) is 3.70. The summed E-state index contributed by atoms with van der Waals surface area (Å²) in [6, 6.07) is 5.53. The number of hydrogen-bond donors (Lipinski definition) is 1. The number of sulfonamides is 1. The Morgan fingerprint density at radius 2 is 2.10 bits per heavy atom. The van der Waals surface area contributed by atoms with Crippen molar-refractivity contribution in [2.45, 2.75) is 18.0 Å². The van der Waals surface area contributed by atoms with Gasteiger partial charge in [-0.1, -0.05) is 0 Å². The minimum absolute atomic E-state index is 0.0427. The van der Waals surface area contributed by atoms with Crippen molar-refractivity contribution in [1.29, 1.82) is 0 Å². The van der Waals surface area contributed by atoms with Gasteiger partial charge in [-0.15, -0.1) is 11.3 Å². The van der Waals surface area contributed by atoms with Crippen LogP contribution in [-0.4, -0.2) is 19.8 Å². The van der Waals surface area contributed by atoms with Crippen LogP contribution in [-0.2, 0) is 23.1 Å². The maximum Gasteiger partial charge on any atom is 0.243 e. The van der Waals surface area contributed by atoms with Crippen molar-refractivity contribution in [3.05, 3.63) is 50.4 Å². The normalized spacial score (nSPS) is 12.0. The third-order valence-corrected chi connectivity index (χ3v) is 6.32. The first-order chi connectivity index (χ1) is 9.84. The van der Waals surface area contributed by atoms with E-state index < -0.39 is 15.8 Å². The molecule has 0 aliphatic rings. The molecule has 0 atom stereocenters. The molecule has 8 heteroatoms. The molecule has 0 spiro atoms. The number of nitrogens with two attached hydrogens (primary N) is 1. The van der Waals surface area contributed by atoms with E-state index in [1.807, 2.05) is 11.4 Å². The van der Waals surface area contributed by atoms with Gasteiger partial charge in [0.2, 0.25) is 10.0 Å². The van der Waals surface area contributed by atoms with Crippen molar-refractivity contribution in [1.82, 2.24) is 4.31 Å². The van der Waals surface area contributed by atoms with Crippen LogP contribution in [0.4, 0.5) is 4.39 Å². The average molecular weight is 393 g/mol. The minimum atomic E-state index is -3.68. The Balaban J connectivity index is 2.28. The van der Waals surface area contributed by atoms with Crippen molar-refractivity contribution in [3.8, 4) is 0 Å². The molecule has 1 heterocycles. The smallest absolute Gasteiger partial charge is 0.243 e. The number of nitrogens with zero attached hydrogens (tertiary/aromatic N) is 1. The molecule has 0 aliphatic heterocycles. The second-order valence-electron chi connectivity index (χ2n) is 4.48. The van der Waals surface area contributed by atoms with Crippen LogP contribution in [0.15, 0.2) is 38.3 Å². The van der Waals surface area contributed by atoms with E-state index >= 15 is 0 Å². The van der Waals surface area contributed by atoms with Gasteiger partial charge in [-0.2, -0.15) is 4.31 Å². The maximum absolute atomic E-state index is 13.4. The molecule has 0 saturated carbocycles. The molecule has 0 fully saturated rings. The summed E-state index contributed by atoms with van der Waals surface area (Å²) >= 11 is 4.83. The highest BCUT2D eigenvalue weighted by Crippen LogP contribution is 2.24. The van der Waals surface area contributed by atoms with E-state index in [-0.39, 0.29) is 23.5 Å². The summed E-state index contributed by atoms with van der Waals surface area (Å²) in [6.07, 6.45) is 0. The molecule has 114 valence electrons. The monoisotopic (exact) mass is 392 g/mol. The third-order valence-electron chi connectivity index (χ3n) is 2.97. The standard InChI is InChI=1S/C13H14BrFN2O2S2/c1-17(7-9-4-13(14)20-8-9)21(18,19)11-2-3-12(15)10(5-11)6-16/h2-5,8H,6-7,16H2,1H3. The SMILES string of the molecule is CN(Cc1csc(Br)c1)S(=O)(=O)c1ccc(F)c(CN)c1. The summed E-state index contributed by atoms with van der Waals surface area (Å²) < 4.78 is 40.5. The predicted molar refractivity (Wildman–Crippen MR) is 85.0 cm³/mol. The van der Waals surface area contributed by atoms with Crippen molar-refractivity contribution in [3.63, 3.8) is 0 Å². The Morgan fingerprint density at radius 3 is 2.67 bits per heavy atom. The highest BCUT2D eigenvalue weighted by atomic mass is 79.9. The van der Waals surface area contributed by atoms with Gasteiger partial charge in [0.05, 0.1) is 8.68 Å². The van der Waals surface area contributed by atoms with Crippen LogP contribution < -0.4 is 5.73 Å². The lowest BCUT2D eigenvalue weighted by Gasteiger charge is -2.17. The van der Waals surface area contributed by atoms with Gasteiger partial charge in [0, 0.05) is 25.7 Å². The lowest BCUT2D eigenvalue weighted by Crippen LogP contribution is -2.26. The molecule has 0 bridgehead atoms. The Morgan fingerprint density at radius 1 is 1.38 bits per heavy atom. The fourth-order valence-electron chi connectivity index (χ4n) is 1.82. The lowest BCUT2D eigenvalue weighted by molar-refractivity contribution is 0.467. The molecule has 2 N–H and O–H groups in total. The average Bonchev–Trinajstić information content (AvgIpc) is 2.84. The fourth-order valence-corrected chi connectivity index (χ4v) is 4.23. The van der Waals surface area contributed by atoms with E-state index in [4.69, 9.17) is 5.73 Å². The van der Waals surface area contributed by atoms with E-state index in [1.54, 1.807) is 0 Å². The number of thiophene rings is 1. The second kappa shape index (κ2) is 6.53. The highest BCUT2D eigenvalue weighted by molar-refractivity contribution is 9.11. The predicted octanol–water partition coefficient (Wildman–Crippen LogP) is 2.93. The summed E-state index contributed by atoms with van der Waals surface area (Å²) in [5, 5.41) is 1.88. The summed E-state index contributed by atoms with van der Waals surface area (Å²) in [6.45, 7) is 0.205. The molecule has 1 aromatic heterocycles. The number of halogens is 2. The first-order valence-electron chi connectivity index (χ1n) is 6.02. The summed E-state index contributed by atoms with van der Waals surface area (Å²) in [7, 11) is -2.18. The second-order valence-corrected chi connectivity index (χ2v) is 8.81. The van der Waals surface area contributed by atoms with Crippen LogP contribution in [0.2, 0.25) is 0 Å². The highest BCUT2D eigenvalue weighted by Gasteiger charge is 2.22. The zero-order valence-electron chi connectivity index (χ0n) is 11.2. The zero-order valence-corrected chi connectivity index (χ0v) is 14.4. The van der Waals surface area contributed by atoms with Crippen molar-refractivity contribution in [2.75, 3.05) is 7.05 Å². The topological polar surface area (TPSA) is 63.4 Å². The van der Waals surface area contributed by atoms with Gasteiger partial charge in [0.25, 0.3) is 0 Å². The van der Waals surface area contributed by atoms with Gasteiger partial charge >= 0.3 is 0 Å². The summed E-state index contributed by atoms with van der Waals surface area (Å²) in [5.74, 6) is -0.499. The van der Waals surface area contributed by atoms with Crippen molar-refractivity contribution >= 4 is 37.3 Å². The van der Waals surface area contributed by atoms with Crippen LogP contribution in [0.25, 0.3) is 0 Å². The van der Waals surface area contributed by atoms with Gasteiger partial charge in [-0.05, 0) is 51.1 Å². The van der Waals surface area contributed by atoms with E-state index in [0.29, 0.717) is 0 Å². The molecule has 0 amide bonds. The van der Waals surface area contributed by atoms with Crippen LogP contribution in [0.1, 0.15) is 11.1 Å². The molecule has 21 heavy (non-hydrogen) atoms. The van der Waals surface area contributed by atoms with Crippen LogP contribution >= 0.6 is 27.3 Å². The fraction of sp³-hybridized carbons (Fsp3) is 0.231. The summed E-state index contributed by atoms with van der Waals surface area (Å²) in [4.78, 5) is 0.0427. The molecular formula is C13H14BrFN2O2S2. The largest absolute Gasteiger partial charge is 0.326 e. The number of hydrogen-bond acceptors (Lipinski definition) is 4. The summed E-state index contributed by atoms with van der Waals surface area (Å²) in [5.41, 5.74) is 6.48. The van der Waals surface area contributed by atoms with E-state index in [9.17, 15) is 12.8 Å². The molecule has 0 radical (unpaired) electrons. The molecule has 2 rings (SSSR count). The molecule has 0 unspecified atom stereocenters. The van der Waals surface area contributed by atoms with E-state index in [2.05, 4.69) is 15.9 Å². The van der Waals surface area contributed by atoms with Gasteiger partial charge < -0.3 is 5.73 Å². The quantitative estimate of drug-likeness (QED) is 0.850. The first kappa shape index (κ1) is 16.6. The van der Waals surface area contributed by atoms with Gasteiger partial charge in [-0.3, -0.25) is 0 Å². The zero-order chi connectivity index (χ0) is 15.6. The van der Waals surface area contributed by atoms with E-state index in [1.165, 1.54) is 34.8 Å². The van der Waals surface area contributed by atoms with Gasteiger partial charge in [0.1, 0.15) is 5.82 Å². The minimum Gasteiger partial charge on any atom is -0.326 e. The number of benzene rings is 1. The molecule has 2 aromatic rings. The molecular weight excluding hydrogens is 379 g/mol. The Kier molecular flexibility index (Phi) is 5.15. The van der Waals surface area contributed by atoms with Crippen LogP contribution in [0.3, 0.4) is 0 Å². The van der Waals surface area contributed by atoms with Crippen molar-refractivity contribution in [2.24, 2.45) is 5.73 Å². The number of rotatable bonds is 5. The molecule has 1 aromatic carbocycles. The Labute approximate surface area is 135 Å².